The van der Waals surface area contributed by atoms with E-state index < -0.39 is 27.2 Å². The van der Waals surface area contributed by atoms with Gasteiger partial charge < -0.3 is 10.6 Å². The highest BCUT2D eigenvalue weighted by Crippen LogP contribution is 2.18. The van der Waals surface area contributed by atoms with E-state index >= 15 is 0 Å². The van der Waals surface area contributed by atoms with Crippen LogP contribution in [0.1, 0.15) is 32.3 Å². The van der Waals surface area contributed by atoms with Crippen LogP contribution in [0.15, 0.2) is 23.2 Å². The number of hydrogen-bond donors (Lipinski definition) is 3. The lowest BCUT2D eigenvalue weighted by molar-refractivity contribution is 0.188. The van der Waals surface area contributed by atoms with Crippen LogP contribution in [0.25, 0.3) is 0 Å². The molecule has 30 heavy (non-hydrogen) atoms. The highest BCUT2D eigenvalue weighted by molar-refractivity contribution is 14.0. The van der Waals surface area contributed by atoms with E-state index in [0.29, 0.717) is 19.0 Å². The summed E-state index contributed by atoms with van der Waals surface area (Å²) in [5, 5.41) is 6.45. The van der Waals surface area contributed by atoms with Gasteiger partial charge >= 0.3 is 0 Å². The molecule has 1 atom stereocenters. The van der Waals surface area contributed by atoms with Gasteiger partial charge in [-0.3, -0.25) is 9.89 Å². The normalized spacial score (nSPS) is 18.6. The van der Waals surface area contributed by atoms with Crippen molar-refractivity contribution >= 4 is 40.0 Å². The third-order valence-electron chi connectivity index (χ3n) is 4.67. The van der Waals surface area contributed by atoms with Crippen molar-refractivity contribution in [1.82, 2.24) is 20.3 Å². The lowest BCUT2D eigenvalue weighted by Gasteiger charge is -2.34. The second-order valence-electron chi connectivity index (χ2n) is 8.10. The van der Waals surface area contributed by atoms with Crippen LogP contribution in [-0.2, 0) is 16.6 Å². The summed E-state index contributed by atoms with van der Waals surface area (Å²) in [5.41, 5.74) is -0.601. The van der Waals surface area contributed by atoms with Crippen molar-refractivity contribution in [2.45, 2.75) is 44.8 Å². The summed E-state index contributed by atoms with van der Waals surface area (Å²) in [6, 6.07) is 3.98. The average Bonchev–Trinajstić information content (AvgIpc) is 2.60. The number of hydrogen-bond acceptors (Lipinski definition) is 4. The first-order valence-corrected chi connectivity index (χ1v) is 11.5. The van der Waals surface area contributed by atoms with Crippen molar-refractivity contribution in [2.75, 3.05) is 32.9 Å². The van der Waals surface area contributed by atoms with Crippen LogP contribution >= 0.6 is 24.0 Å². The maximum Gasteiger partial charge on any atom is 0.209 e. The predicted octanol–water partition coefficient (Wildman–Crippen LogP) is 2.04. The third kappa shape index (κ3) is 8.98. The lowest BCUT2D eigenvalue weighted by atomic mass is 10.0. The Labute approximate surface area is 195 Å². The molecule has 1 unspecified atom stereocenters. The van der Waals surface area contributed by atoms with E-state index in [2.05, 4.69) is 20.3 Å². The Bertz CT molecular complexity index is 816. The minimum Gasteiger partial charge on any atom is -0.355 e. The van der Waals surface area contributed by atoms with Gasteiger partial charge in [0.1, 0.15) is 11.6 Å². The van der Waals surface area contributed by atoms with Gasteiger partial charge in [-0.05, 0) is 45.4 Å². The van der Waals surface area contributed by atoms with Gasteiger partial charge in [0.25, 0.3) is 0 Å². The van der Waals surface area contributed by atoms with Gasteiger partial charge in [-0.1, -0.05) is 6.07 Å². The molecule has 11 heteroatoms. The fourth-order valence-corrected chi connectivity index (χ4v) is 4.53. The third-order valence-corrected chi connectivity index (χ3v) is 5.60. The first-order valence-electron chi connectivity index (χ1n) is 9.60. The minimum absolute atomic E-state index is 0. The molecule has 7 nitrogen and oxygen atoms in total. The molecule has 1 aromatic carbocycles. The van der Waals surface area contributed by atoms with Crippen molar-refractivity contribution < 1.29 is 17.2 Å². The zero-order chi connectivity index (χ0) is 21.7. The van der Waals surface area contributed by atoms with Crippen LogP contribution in [-0.4, -0.2) is 63.8 Å². The van der Waals surface area contributed by atoms with Crippen LogP contribution in [0.2, 0.25) is 0 Å². The number of halogens is 3. The summed E-state index contributed by atoms with van der Waals surface area (Å²) in [5.74, 6) is -0.506. The van der Waals surface area contributed by atoms with E-state index in [-0.39, 0.29) is 42.1 Å². The number of rotatable bonds is 7. The maximum absolute atomic E-state index is 13.9. The Hall–Kier alpha value is -1.05. The highest BCUT2D eigenvalue weighted by atomic mass is 127. The van der Waals surface area contributed by atoms with Crippen molar-refractivity contribution in [3.8, 4) is 0 Å². The second kappa shape index (κ2) is 11.5. The fourth-order valence-electron chi connectivity index (χ4n) is 3.45. The number of aliphatic imine (C=N–C) groups is 1. The Kier molecular flexibility index (Phi) is 10.4. The predicted molar refractivity (Wildman–Crippen MR) is 127 cm³/mol. The second-order valence-corrected chi connectivity index (χ2v) is 9.85. The molecule has 0 radical (unpaired) electrons. The molecule has 1 aromatic rings. The molecular formula is C19H32F2IN5O2S. The summed E-state index contributed by atoms with van der Waals surface area (Å²) >= 11 is 0. The first kappa shape index (κ1) is 27.0. The van der Waals surface area contributed by atoms with Crippen molar-refractivity contribution in [3.63, 3.8) is 0 Å². The molecule has 1 aliphatic rings. The molecule has 1 heterocycles. The molecule has 0 aliphatic carbocycles. The van der Waals surface area contributed by atoms with Crippen LogP contribution in [0.4, 0.5) is 8.78 Å². The number of nitrogens with zero attached hydrogens (tertiary/aromatic N) is 2. The minimum atomic E-state index is -3.33. The molecule has 0 amide bonds. The van der Waals surface area contributed by atoms with E-state index in [4.69, 9.17) is 0 Å². The van der Waals surface area contributed by atoms with Gasteiger partial charge in [0.2, 0.25) is 10.0 Å². The summed E-state index contributed by atoms with van der Waals surface area (Å²) < 4.78 is 53.4. The Morgan fingerprint density at radius 3 is 2.50 bits per heavy atom. The molecule has 172 valence electrons. The smallest absolute Gasteiger partial charge is 0.209 e. The van der Waals surface area contributed by atoms with Crippen molar-refractivity contribution in [1.29, 1.82) is 0 Å². The summed E-state index contributed by atoms with van der Waals surface area (Å²) in [4.78, 5) is 6.22. The van der Waals surface area contributed by atoms with Crippen LogP contribution in [0.5, 0.6) is 0 Å². The molecule has 0 spiro atoms. The number of benzene rings is 1. The number of piperidine rings is 1. The Morgan fingerprint density at radius 2 is 1.93 bits per heavy atom. The van der Waals surface area contributed by atoms with Gasteiger partial charge in [-0.15, -0.1) is 24.0 Å². The molecule has 0 bridgehead atoms. The van der Waals surface area contributed by atoms with Crippen LogP contribution in [0, 0.1) is 11.6 Å². The molecule has 2 rings (SSSR count). The molecule has 3 N–H and O–H groups in total. The SMILES string of the molecule is CN=C(NCC(C)(C)NS(C)(=O)=O)NC1CCCN(Cc2c(F)cccc2F)C1.I. The van der Waals surface area contributed by atoms with Crippen LogP contribution in [0.3, 0.4) is 0 Å². The molecule has 0 saturated carbocycles. The lowest BCUT2D eigenvalue weighted by Crippen LogP contribution is -2.56. The van der Waals surface area contributed by atoms with E-state index in [1.54, 1.807) is 20.9 Å². The quantitative estimate of drug-likeness (QED) is 0.271. The maximum atomic E-state index is 13.9. The molecule has 1 fully saturated rings. The van der Waals surface area contributed by atoms with Gasteiger partial charge in [-0.25, -0.2) is 21.9 Å². The monoisotopic (exact) mass is 559 g/mol. The summed E-state index contributed by atoms with van der Waals surface area (Å²) in [6.45, 7) is 5.51. The number of likely N-dealkylation sites (tertiary alicyclic amines) is 1. The standard InChI is InChI=1S/C19H31F2N5O2S.HI/c1-19(2,25-29(4,27)28)13-23-18(22-3)24-14-7-6-10-26(11-14)12-15-16(20)8-5-9-17(15)21;/h5,8-9,14,25H,6-7,10-13H2,1-4H3,(H2,22,23,24);1H. The zero-order valence-corrected chi connectivity index (χ0v) is 21.0. The van der Waals surface area contributed by atoms with E-state index in [1.165, 1.54) is 18.2 Å². The average molecular weight is 559 g/mol. The van der Waals surface area contributed by atoms with Gasteiger partial charge in [0.15, 0.2) is 5.96 Å². The fraction of sp³-hybridized carbons (Fsp3) is 0.632. The van der Waals surface area contributed by atoms with Gasteiger partial charge in [0, 0.05) is 43.8 Å². The number of guanidine groups is 1. The van der Waals surface area contributed by atoms with E-state index in [0.717, 1.165) is 25.6 Å². The summed E-state index contributed by atoms with van der Waals surface area (Å²) in [7, 11) is -1.69. The number of nitrogens with one attached hydrogen (secondary N) is 3. The van der Waals surface area contributed by atoms with Crippen molar-refractivity contribution in [2.24, 2.45) is 4.99 Å². The molecule has 1 aliphatic heterocycles. The summed E-state index contributed by atoms with van der Waals surface area (Å²) in [6.07, 6.45) is 2.92. The van der Waals surface area contributed by atoms with Gasteiger partial charge in [0.05, 0.1) is 6.26 Å². The topological polar surface area (TPSA) is 85.8 Å². The Balaban J connectivity index is 0.00000450. The van der Waals surface area contributed by atoms with Crippen molar-refractivity contribution in [3.05, 3.63) is 35.4 Å². The van der Waals surface area contributed by atoms with Gasteiger partial charge in [-0.2, -0.15) is 0 Å². The highest BCUT2D eigenvalue weighted by Gasteiger charge is 2.25. The molecule has 1 saturated heterocycles. The largest absolute Gasteiger partial charge is 0.355 e. The molecular weight excluding hydrogens is 527 g/mol. The zero-order valence-electron chi connectivity index (χ0n) is 17.8. The van der Waals surface area contributed by atoms with E-state index in [9.17, 15) is 17.2 Å². The Morgan fingerprint density at radius 1 is 1.30 bits per heavy atom. The first-order chi connectivity index (χ1) is 13.5. The van der Waals surface area contributed by atoms with Crippen LogP contribution < -0.4 is 15.4 Å². The van der Waals surface area contributed by atoms with E-state index in [1.807, 2.05) is 4.90 Å². The number of sulfonamides is 1. The molecule has 0 aromatic heterocycles.